The van der Waals surface area contributed by atoms with Gasteiger partial charge >= 0.3 is 0 Å². The molecule has 0 amide bonds. The van der Waals surface area contributed by atoms with Crippen LogP contribution in [0.3, 0.4) is 0 Å². The largest absolute Gasteiger partial charge is 0.399 e. The number of nitrogens with two attached hydrogens (primary N) is 1. The van der Waals surface area contributed by atoms with Crippen molar-refractivity contribution in [1.82, 2.24) is 4.72 Å². The van der Waals surface area contributed by atoms with E-state index in [1.807, 2.05) is 25.1 Å². The van der Waals surface area contributed by atoms with Gasteiger partial charge in [0.25, 0.3) is 0 Å². The van der Waals surface area contributed by atoms with Crippen molar-refractivity contribution >= 4 is 21.4 Å². The molecule has 0 unspecified atom stereocenters. The summed E-state index contributed by atoms with van der Waals surface area (Å²) in [7, 11) is -3.13. The molecule has 1 aromatic rings. The molecule has 0 aliphatic heterocycles. The molecule has 0 aliphatic carbocycles. The van der Waals surface area contributed by atoms with Gasteiger partial charge in [-0.05, 0) is 37.1 Å². The zero-order chi connectivity index (χ0) is 14.5. The molecule has 3 N–H and O–H groups in total. The molecule has 0 aliphatic rings. The van der Waals surface area contributed by atoms with Gasteiger partial charge in [0.15, 0.2) is 0 Å². The van der Waals surface area contributed by atoms with Gasteiger partial charge in [-0.15, -0.1) is 0 Å². The van der Waals surface area contributed by atoms with Crippen LogP contribution in [-0.2, 0) is 10.0 Å². The first-order valence-electron chi connectivity index (χ1n) is 6.39. The van der Waals surface area contributed by atoms with E-state index in [1.54, 1.807) is 0 Å². The second-order valence-corrected chi connectivity index (χ2v) is 6.53. The molecule has 0 fully saturated rings. The molecule has 5 nitrogen and oxygen atoms in total. The molecule has 0 bridgehead atoms. The fourth-order valence-electron chi connectivity index (χ4n) is 2.02. The molecule has 108 valence electrons. The number of aryl methyl sites for hydroxylation is 1. The number of benzene rings is 1. The Kier molecular flexibility index (Phi) is 5.62. The van der Waals surface area contributed by atoms with Crippen LogP contribution < -0.4 is 15.4 Å². The fourth-order valence-corrected chi connectivity index (χ4v) is 2.48. The predicted molar refractivity (Wildman–Crippen MR) is 80.9 cm³/mol. The number of hydrogen-bond acceptors (Lipinski definition) is 4. The third-order valence-electron chi connectivity index (χ3n) is 2.80. The lowest BCUT2D eigenvalue weighted by molar-refractivity contribution is 0.586. The van der Waals surface area contributed by atoms with Gasteiger partial charge in [0.05, 0.1) is 6.26 Å². The quantitative estimate of drug-likeness (QED) is 0.741. The number of anilines is 2. The highest BCUT2D eigenvalue weighted by Gasteiger charge is 2.09. The van der Waals surface area contributed by atoms with E-state index in [-0.39, 0.29) is 0 Å². The van der Waals surface area contributed by atoms with Crippen molar-refractivity contribution in [2.24, 2.45) is 0 Å². The standard InChI is InChI=1S/C13H23N3O2S/c1-4-8-16(9-7-15-19(3,17)18)13-6-5-12(14)10-11(13)2/h5-6,10,15H,4,7-9,14H2,1-3H3. The third kappa shape index (κ3) is 5.48. The first kappa shape index (κ1) is 15.8. The smallest absolute Gasteiger partial charge is 0.208 e. The summed E-state index contributed by atoms with van der Waals surface area (Å²) in [6.45, 7) is 6.05. The SMILES string of the molecule is CCCN(CCNS(C)(=O)=O)c1ccc(N)cc1C. The maximum absolute atomic E-state index is 11.1. The molecule has 0 atom stereocenters. The maximum atomic E-state index is 11.1. The summed E-state index contributed by atoms with van der Waals surface area (Å²) in [6, 6.07) is 5.79. The summed E-state index contributed by atoms with van der Waals surface area (Å²) in [5.41, 5.74) is 8.70. The zero-order valence-corrected chi connectivity index (χ0v) is 12.6. The van der Waals surface area contributed by atoms with Crippen molar-refractivity contribution in [2.75, 3.05) is 36.5 Å². The second-order valence-electron chi connectivity index (χ2n) is 4.70. The number of sulfonamides is 1. The number of nitrogens with zero attached hydrogens (tertiary/aromatic N) is 1. The Morgan fingerprint density at radius 2 is 2.00 bits per heavy atom. The van der Waals surface area contributed by atoms with Gasteiger partial charge in [0.1, 0.15) is 0 Å². The van der Waals surface area contributed by atoms with Gasteiger partial charge in [-0.25, -0.2) is 13.1 Å². The molecular formula is C13H23N3O2S. The Labute approximate surface area is 115 Å². The van der Waals surface area contributed by atoms with Crippen LogP contribution >= 0.6 is 0 Å². The van der Waals surface area contributed by atoms with Crippen LogP contribution in [0.15, 0.2) is 18.2 Å². The number of nitrogen functional groups attached to an aromatic ring is 1. The van der Waals surface area contributed by atoms with Crippen molar-refractivity contribution in [2.45, 2.75) is 20.3 Å². The Bertz CT molecular complexity index is 515. The minimum atomic E-state index is -3.13. The topological polar surface area (TPSA) is 75.4 Å². The molecule has 0 saturated carbocycles. The molecule has 0 heterocycles. The minimum absolute atomic E-state index is 0.405. The van der Waals surface area contributed by atoms with E-state index in [9.17, 15) is 8.42 Å². The van der Waals surface area contributed by atoms with Crippen LogP contribution in [0.5, 0.6) is 0 Å². The normalized spacial score (nSPS) is 11.5. The number of nitrogens with one attached hydrogen (secondary N) is 1. The Morgan fingerprint density at radius 1 is 1.32 bits per heavy atom. The molecule has 0 saturated heterocycles. The van der Waals surface area contributed by atoms with E-state index in [1.165, 1.54) is 6.26 Å². The summed E-state index contributed by atoms with van der Waals surface area (Å²) in [5.74, 6) is 0. The van der Waals surface area contributed by atoms with Crippen LogP contribution in [0.2, 0.25) is 0 Å². The van der Waals surface area contributed by atoms with Gasteiger partial charge in [0, 0.05) is 31.0 Å². The Hall–Kier alpha value is -1.27. The molecule has 0 radical (unpaired) electrons. The Balaban J connectivity index is 2.76. The average Bonchev–Trinajstić information content (AvgIpc) is 2.26. The van der Waals surface area contributed by atoms with Crippen LogP contribution in [0.25, 0.3) is 0 Å². The third-order valence-corrected chi connectivity index (χ3v) is 3.53. The zero-order valence-electron chi connectivity index (χ0n) is 11.8. The molecule has 1 aromatic carbocycles. The minimum Gasteiger partial charge on any atom is -0.399 e. The van der Waals surface area contributed by atoms with Crippen molar-refractivity contribution in [3.05, 3.63) is 23.8 Å². The van der Waals surface area contributed by atoms with Crippen molar-refractivity contribution < 1.29 is 8.42 Å². The monoisotopic (exact) mass is 285 g/mol. The molecule has 6 heteroatoms. The summed E-state index contributed by atoms with van der Waals surface area (Å²) >= 11 is 0. The highest BCUT2D eigenvalue weighted by atomic mass is 32.2. The van der Waals surface area contributed by atoms with E-state index >= 15 is 0 Å². The second kappa shape index (κ2) is 6.77. The van der Waals surface area contributed by atoms with Crippen molar-refractivity contribution in [3.8, 4) is 0 Å². The van der Waals surface area contributed by atoms with E-state index in [4.69, 9.17) is 5.73 Å². The molecule has 0 aromatic heterocycles. The fraction of sp³-hybridized carbons (Fsp3) is 0.538. The lowest BCUT2D eigenvalue weighted by atomic mass is 10.1. The lowest BCUT2D eigenvalue weighted by Crippen LogP contribution is -2.35. The summed E-state index contributed by atoms with van der Waals surface area (Å²) in [5, 5.41) is 0. The molecular weight excluding hydrogens is 262 g/mol. The van der Waals surface area contributed by atoms with Gasteiger partial charge in [-0.1, -0.05) is 6.92 Å². The van der Waals surface area contributed by atoms with Gasteiger partial charge in [0.2, 0.25) is 10.0 Å². The van der Waals surface area contributed by atoms with Crippen molar-refractivity contribution in [1.29, 1.82) is 0 Å². The molecule has 19 heavy (non-hydrogen) atoms. The van der Waals surface area contributed by atoms with Crippen LogP contribution in [0, 0.1) is 6.92 Å². The van der Waals surface area contributed by atoms with E-state index < -0.39 is 10.0 Å². The first-order valence-corrected chi connectivity index (χ1v) is 8.28. The van der Waals surface area contributed by atoms with Crippen molar-refractivity contribution in [3.63, 3.8) is 0 Å². The molecule has 0 spiro atoms. The maximum Gasteiger partial charge on any atom is 0.208 e. The van der Waals surface area contributed by atoms with E-state index in [0.29, 0.717) is 13.1 Å². The lowest BCUT2D eigenvalue weighted by Gasteiger charge is -2.26. The van der Waals surface area contributed by atoms with Gasteiger partial charge in [-0.2, -0.15) is 0 Å². The highest BCUT2D eigenvalue weighted by molar-refractivity contribution is 7.88. The summed E-state index contributed by atoms with van der Waals surface area (Å²) in [4.78, 5) is 2.17. The number of hydrogen-bond donors (Lipinski definition) is 2. The van der Waals surface area contributed by atoms with E-state index in [2.05, 4.69) is 16.5 Å². The summed E-state index contributed by atoms with van der Waals surface area (Å²) in [6.07, 6.45) is 2.17. The van der Waals surface area contributed by atoms with Gasteiger partial charge < -0.3 is 10.6 Å². The van der Waals surface area contributed by atoms with E-state index in [0.717, 1.165) is 29.9 Å². The first-order chi connectivity index (χ1) is 8.83. The molecule has 1 rings (SSSR count). The average molecular weight is 285 g/mol. The van der Waals surface area contributed by atoms with Crippen LogP contribution in [0.1, 0.15) is 18.9 Å². The van der Waals surface area contributed by atoms with Gasteiger partial charge in [-0.3, -0.25) is 0 Å². The Morgan fingerprint density at radius 3 is 2.53 bits per heavy atom. The summed E-state index contributed by atoms with van der Waals surface area (Å²) < 4.78 is 24.7. The van der Waals surface area contributed by atoms with Crippen LogP contribution in [0.4, 0.5) is 11.4 Å². The predicted octanol–water partition coefficient (Wildman–Crippen LogP) is 1.34. The number of rotatable bonds is 7. The highest BCUT2D eigenvalue weighted by Crippen LogP contribution is 2.22. The van der Waals surface area contributed by atoms with Crippen LogP contribution in [-0.4, -0.2) is 34.3 Å².